The van der Waals surface area contributed by atoms with Crippen LogP contribution in [0.3, 0.4) is 0 Å². The second-order valence-corrected chi connectivity index (χ2v) is 10.5. The Morgan fingerprint density at radius 1 is 1.10 bits per heavy atom. The van der Waals surface area contributed by atoms with Gasteiger partial charge >= 0.3 is 0 Å². The van der Waals surface area contributed by atoms with Crippen LogP contribution < -0.4 is 10.2 Å². The minimum atomic E-state index is -3.73. The molecule has 0 unspecified atom stereocenters. The Morgan fingerprint density at radius 3 is 2.58 bits per heavy atom. The van der Waals surface area contributed by atoms with E-state index < -0.39 is 10.1 Å². The predicted molar refractivity (Wildman–Crippen MR) is 124 cm³/mol. The van der Waals surface area contributed by atoms with Crippen LogP contribution in [-0.4, -0.2) is 59.2 Å². The van der Waals surface area contributed by atoms with Crippen LogP contribution in [-0.2, 0) is 20.8 Å². The van der Waals surface area contributed by atoms with Crippen molar-refractivity contribution >= 4 is 27.4 Å². The number of hydrogen-bond acceptors (Lipinski definition) is 6. The van der Waals surface area contributed by atoms with Crippen LogP contribution in [0.2, 0.25) is 5.02 Å². The molecule has 1 N–H and O–H groups in total. The fourth-order valence-corrected chi connectivity index (χ4v) is 5.36. The average molecular weight is 464 g/mol. The van der Waals surface area contributed by atoms with Crippen molar-refractivity contribution < 1.29 is 12.6 Å². The molecule has 2 aromatic rings. The lowest BCUT2D eigenvalue weighted by Gasteiger charge is -2.30. The maximum atomic E-state index is 12.5. The van der Waals surface area contributed by atoms with E-state index in [1.165, 1.54) is 5.56 Å². The van der Waals surface area contributed by atoms with Crippen molar-refractivity contribution in [1.82, 2.24) is 10.2 Å². The second kappa shape index (κ2) is 9.88. The molecule has 0 bridgehead atoms. The van der Waals surface area contributed by atoms with Crippen LogP contribution in [0.4, 0.5) is 5.69 Å². The molecule has 2 aliphatic heterocycles. The summed E-state index contributed by atoms with van der Waals surface area (Å²) >= 11 is 6.32. The van der Waals surface area contributed by atoms with Crippen LogP contribution in [0.1, 0.15) is 17.5 Å². The highest BCUT2D eigenvalue weighted by Gasteiger charge is 2.27. The molecule has 2 aliphatic rings. The lowest BCUT2D eigenvalue weighted by molar-refractivity contribution is 0.233. The molecule has 168 valence electrons. The van der Waals surface area contributed by atoms with Crippen molar-refractivity contribution in [2.75, 3.05) is 50.8 Å². The molecule has 0 aromatic heterocycles. The van der Waals surface area contributed by atoms with E-state index in [9.17, 15) is 8.42 Å². The van der Waals surface area contributed by atoms with E-state index in [-0.39, 0.29) is 17.4 Å². The first-order valence-electron chi connectivity index (χ1n) is 10.8. The van der Waals surface area contributed by atoms with Gasteiger partial charge in [0.25, 0.3) is 10.1 Å². The molecule has 0 spiro atoms. The van der Waals surface area contributed by atoms with Gasteiger partial charge in [-0.05, 0) is 43.2 Å². The highest BCUT2D eigenvalue weighted by molar-refractivity contribution is 7.86. The Hall–Kier alpha value is -1.64. The highest BCUT2D eigenvalue weighted by atomic mass is 35.5. The van der Waals surface area contributed by atoms with Crippen molar-refractivity contribution in [2.45, 2.75) is 24.8 Å². The van der Waals surface area contributed by atoms with Crippen LogP contribution >= 0.6 is 11.6 Å². The molecule has 2 fully saturated rings. The Balaban J connectivity index is 1.39. The van der Waals surface area contributed by atoms with Gasteiger partial charge in [0, 0.05) is 62.4 Å². The molecule has 2 aromatic carbocycles. The number of piperazine rings is 1. The van der Waals surface area contributed by atoms with E-state index in [0.717, 1.165) is 68.5 Å². The highest BCUT2D eigenvalue weighted by Crippen LogP contribution is 2.31. The van der Waals surface area contributed by atoms with E-state index in [4.69, 9.17) is 15.8 Å². The normalized spacial score (nSPS) is 20.3. The Morgan fingerprint density at radius 2 is 1.84 bits per heavy atom. The molecule has 4 rings (SSSR count). The molecule has 0 saturated carbocycles. The van der Waals surface area contributed by atoms with Gasteiger partial charge in [-0.2, -0.15) is 8.42 Å². The molecule has 1 atom stereocenters. The third-order valence-corrected chi connectivity index (χ3v) is 7.58. The van der Waals surface area contributed by atoms with Crippen LogP contribution in [0.5, 0.6) is 0 Å². The molecule has 8 heteroatoms. The summed E-state index contributed by atoms with van der Waals surface area (Å²) in [6.45, 7) is 8.75. The van der Waals surface area contributed by atoms with Crippen molar-refractivity contribution in [2.24, 2.45) is 5.92 Å². The minimum absolute atomic E-state index is 0.159. The van der Waals surface area contributed by atoms with Gasteiger partial charge in [0.15, 0.2) is 0 Å². The Labute approximate surface area is 190 Å². The van der Waals surface area contributed by atoms with E-state index in [0.29, 0.717) is 0 Å². The quantitative estimate of drug-likeness (QED) is 0.636. The molecule has 6 nitrogen and oxygen atoms in total. The number of halogens is 1. The number of rotatable bonds is 7. The number of anilines is 1. The number of aryl methyl sites for hydroxylation is 1. The summed E-state index contributed by atoms with van der Waals surface area (Å²) in [6, 6.07) is 12.9. The summed E-state index contributed by atoms with van der Waals surface area (Å²) in [5, 5.41) is 4.11. The molecule has 0 amide bonds. The lowest BCUT2D eigenvalue weighted by atomic mass is 10.1. The van der Waals surface area contributed by atoms with Crippen LogP contribution in [0.15, 0.2) is 47.4 Å². The molecule has 31 heavy (non-hydrogen) atoms. The molecule has 0 aliphatic carbocycles. The summed E-state index contributed by atoms with van der Waals surface area (Å²) in [5.41, 5.74) is 3.43. The van der Waals surface area contributed by atoms with Gasteiger partial charge in [-0.3, -0.25) is 9.08 Å². The molecule has 2 heterocycles. The Bertz CT molecular complexity index is 992. The molecular formula is C23H30ClN3O3S. The van der Waals surface area contributed by atoms with Gasteiger partial charge in [-0.1, -0.05) is 35.4 Å². The zero-order valence-electron chi connectivity index (χ0n) is 17.9. The monoisotopic (exact) mass is 463 g/mol. The predicted octanol–water partition coefficient (Wildman–Crippen LogP) is 3.29. The van der Waals surface area contributed by atoms with Gasteiger partial charge in [-0.15, -0.1) is 0 Å². The maximum Gasteiger partial charge on any atom is 0.296 e. The molecule has 2 saturated heterocycles. The first-order valence-corrected chi connectivity index (χ1v) is 12.6. The third kappa shape index (κ3) is 5.79. The van der Waals surface area contributed by atoms with E-state index in [1.54, 1.807) is 24.3 Å². The summed E-state index contributed by atoms with van der Waals surface area (Å²) in [4.78, 5) is 4.98. The summed E-state index contributed by atoms with van der Waals surface area (Å²) < 4.78 is 30.4. The zero-order chi connectivity index (χ0) is 21.8. The van der Waals surface area contributed by atoms with E-state index >= 15 is 0 Å². The second-order valence-electron chi connectivity index (χ2n) is 8.45. The topological polar surface area (TPSA) is 61.9 Å². The smallest absolute Gasteiger partial charge is 0.296 e. The fraction of sp³-hybridized carbons (Fsp3) is 0.478. The third-order valence-electron chi connectivity index (χ3n) is 6.05. The van der Waals surface area contributed by atoms with Gasteiger partial charge < -0.3 is 10.2 Å². The molecular weight excluding hydrogens is 434 g/mol. The van der Waals surface area contributed by atoms with Gasteiger partial charge in [0.05, 0.1) is 11.5 Å². The van der Waals surface area contributed by atoms with Crippen LogP contribution in [0.25, 0.3) is 0 Å². The van der Waals surface area contributed by atoms with Gasteiger partial charge in [0.2, 0.25) is 0 Å². The summed E-state index contributed by atoms with van der Waals surface area (Å²) in [6.07, 6.45) is 0.892. The lowest BCUT2D eigenvalue weighted by Crippen LogP contribution is -2.43. The molecule has 0 radical (unpaired) electrons. The minimum Gasteiger partial charge on any atom is -0.371 e. The largest absolute Gasteiger partial charge is 0.371 e. The van der Waals surface area contributed by atoms with E-state index in [2.05, 4.69) is 21.2 Å². The summed E-state index contributed by atoms with van der Waals surface area (Å²) in [7, 11) is -3.73. The van der Waals surface area contributed by atoms with Crippen molar-refractivity contribution in [3.63, 3.8) is 0 Å². The number of nitrogens with one attached hydrogen (secondary N) is 1. The first kappa shape index (κ1) is 22.6. The summed E-state index contributed by atoms with van der Waals surface area (Å²) in [5.74, 6) is 0.159. The van der Waals surface area contributed by atoms with Gasteiger partial charge in [-0.25, -0.2) is 0 Å². The van der Waals surface area contributed by atoms with Crippen molar-refractivity contribution in [1.29, 1.82) is 0 Å². The fourth-order valence-electron chi connectivity index (χ4n) is 4.22. The van der Waals surface area contributed by atoms with Crippen molar-refractivity contribution in [3.8, 4) is 0 Å². The van der Waals surface area contributed by atoms with E-state index in [1.807, 2.05) is 19.1 Å². The standard InChI is InChI=1S/C23H30ClN3O3S/c1-18-2-6-22(7-3-18)31(28,29)30-17-19-8-11-27(15-19)23-14-21(24)5-4-20(23)16-26-12-9-25-10-13-26/h2-7,14,19,25H,8-13,15-17H2,1H3/t19-/m0/s1. The SMILES string of the molecule is Cc1ccc(S(=O)(=O)OC[C@H]2CCN(c3cc(Cl)ccc3CN3CCNCC3)C2)cc1. The number of nitrogens with zero attached hydrogens (tertiary/aromatic N) is 2. The first-order chi connectivity index (χ1) is 14.9. The Kier molecular flexibility index (Phi) is 7.19. The maximum absolute atomic E-state index is 12.5. The number of benzene rings is 2. The average Bonchev–Trinajstić information content (AvgIpc) is 3.24. The van der Waals surface area contributed by atoms with Crippen molar-refractivity contribution in [3.05, 3.63) is 58.6 Å². The number of hydrogen-bond donors (Lipinski definition) is 1. The van der Waals surface area contributed by atoms with Crippen LogP contribution in [0, 0.1) is 12.8 Å². The van der Waals surface area contributed by atoms with Gasteiger partial charge in [0.1, 0.15) is 0 Å². The zero-order valence-corrected chi connectivity index (χ0v) is 19.5.